The molecule has 1 saturated heterocycles. The number of hydrogen-bond acceptors (Lipinski definition) is 4. The molecule has 5 rings (SSSR count). The van der Waals surface area contributed by atoms with E-state index in [1.54, 1.807) is 0 Å². The highest BCUT2D eigenvalue weighted by Gasteiger charge is 2.32. The smallest absolute Gasteiger partial charge is 0.147 e. The number of nitrogens with zero attached hydrogens (tertiary/aromatic N) is 3. The zero-order chi connectivity index (χ0) is 22.2. The molecular formula is C28H31N3O. The third-order valence-corrected chi connectivity index (χ3v) is 7.32. The number of ketones is 1. The molecular weight excluding hydrogens is 394 g/mol. The van der Waals surface area contributed by atoms with Crippen molar-refractivity contribution in [1.82, 2.24) is 9.97 Å². The lowest BCUT2D eigenvalue weighted by molar-refractivity contribution is -0.121. The van der Waals surface area contributed by atoms with Crippen LogP contribution in [0.1, 0.15) is 68.0 Å². The van der Waals surface area contributed by atoms with Crippen molar-refractivity contribution in [1.29, 1.82) is 0 Å². The average molecular weight is 426 g/mol. The molecule has 2 unspecified atom stereocenters. The highest BCUT2D eigenvalue weighted by atomic mass is 16.1. The van der Waals surface area contributed by atoms with Crippen LogP contribution in [-0.2, 0) is 11.2 Å². The number of benzene rings is 2. The molecule has 0 spiro atoms. The van der Waals surface area contributed by atoms with E-state index in [2.05, 4.69) is 53.2 Å². The summed E-state index contributed by atoms with van der Waals surface area (Å²) in [6, 6.07) is 17.0. The molecule has 164 valence electrons. The van der Waals surface area contributed by atoms with Crippen LogP contribution in [0.2, 0.25) is 0 Å². The topological polar surface area (TPSA) is 46.1 Å². The van der Waals surface area contributed by atoms with E-state index >= 15 is 0 Å². The Morgan fingerprint density at radius 3 is 2.34 bits per heavy atom. The summed E-state index contributed by atoms with van der Waals surface area (Å²) < 4.78 is 0. The minimum atomic E-state index is -0.201. The maximum atomic E-state index is 13.0. The molecule has 0 N–H and O–H groups in total. The van der Waals surface area contributed by atoms with Gasteiger partial charge in [0.2, 0.25) is 0 Å². The van der Waals surface area contributed by atoms with Crippen molar-refractivity contribution in [2.75, 3.05) is 18.0 Å². The van der Waals surface area contributed by atoms with Crippen LogP contribution in [0.4, 0.5) is 5.69 Å². The summed E-state index contributed by atoms with van der Waals surface area (Å²) in [5.41, 5.74) is 6.48. The van der Waals surface area contributed by atoms with Crippen LogP contribution in [0, 0.1) is 5.92 Å². The third kappa shape index (κ3) is 3.83. The molecule has 0 bridgehead atoms. The Balaban J connectivity index is 1.42. The fraction of sp³-hybridized carbons (Fsp3) is 0.393. The summed E-state index contributed by atoms with van der Waals surface area (Å²) in [6.45, 7) is 8.61. The molecule has 1 aliphatic carbocycles. The first-order valence-electron chi connectivity index (χ1n) is 11.8. The summed E-state index contributed by atoms with van der Waals surface area (Å²) in [5.74, 6) is 1.53. The molecule has 0 amide bonds. The van der Waals surface area contributed by atoms with Gasteiger partial charge in [-0.05, 0) is 42.0 Å². The number of hydrogen-bond donors (Lipinski definition) is 0. The average Bonchev–Trinajstić information content (AvgIpc) is 2.90. The van der Waals surface area contributed by atoms with Gasteiger partial charge in [-0.3, -0.25) is 4.79 Å². The molecule has 2 heterocycles. The monoisotopic (exact) mass is 425 g/mol. The molecule has 1 aliphatic heterocycles. The van der Waals surface area contributed by atoms with E-state index in [1.165, 1.54) is 24.1 Å². The quantitative estimate of drug-likeness (QED) is 0.535. The van der Waals surface area contributed by atoms with Gasteiger partial charge in [0.1, 0.15) is 11.6 Å². The van der Waals surface area contributed by atoms with Gasteiger partial charge in [-0.25, -0.2) is 9.97 Å². The van der Waals surface area contributed by atoms with Crippen molar-refractivity contribution < 1.29 is 4.79 Å². The number of aromatic nitrogens is 2. The lowest BCUT2D eigenvalue weighted by Gasteiger charge is -2.32. The molecule has 0 radical (unpaired) electrons. The van der Waals surface area contributed by atoms with Crippen LogP contribution in [-0.4, -0.2) is 28.8 Å². The minimum absolute atomic E-state index is 0.135. The number of anilines is 1. The first-order valence-corrected chi connectivity index (χ1v) is 11.8. The highest BCUT2D eigenvalue weighted by Crippen LogP contribution is 2.40. The van der Waals surface area contributed by atoms with Gasteiger partial charge in [0, 0.05) is 54.4 Å². The van der Waals surface area contributed by atoms with E-state index in [9.17, 15) is 4.79 Å². The predicted molar refractivity (Wildman–Crippen MR) is 129 cm³/mol. The fourth-order valence-electron chi connectivity index (χ4n) is 5.09. The van der Waals surface area contributed by atoms with E-state index in [0.717, 1.165) is 47.2 Å². The van der Waals surface area contributed by atoms with E-state index in [1.807, 2.05) is 32.2 Å². The number of Topliss-reactive ketones (excluding diaryl/α,β-unsaturated/α-hetero) is 1. The van der Waals surface area contributed by atoms with Gasteiger partial charge in [-0.15, -0.1) is 0 Å². The van der Waals surface area contributed by atoms with Gasteiger partial charge in [0.25, 0.3) is 0 Å². The molecule has 2 atom stereocenters. The standard InChI is InChI=1S/C28H31N3O/c1-18-12-14-31(15-13-18)22-10-8-21(9-11-22)16-26-29-17-25-20(3)28(32)19(2)23-6-4-5-7-24(23)27(25)30-26/h4-11,17-20H,12-16H2,1-3H3. The van der Waals surface area contributed by atoms with Gasteiger partial charge in [0.05, 0.1) is 5.69 Å². The zero-order valence-electron chi connectivity index (χ0n) is 19.2. The Morgan fingerprint density at radius 1 is 0.906 bits per heavy atom. The van der Waals surface area contributed by atoms with Crippen molar-refractivity contribution in [3.05, 3.63) is 77.2 Å². The summed E-state index contributed by atoms with van der Waals surface area (Å²) >= 11 is 0. The Hall–Kier alpha value is -3.01. The molecule has 1 aromatic heterocycles. The van der Waals surface area contributed by atoms with Gasteiger partial charge < -0.3 is 4.90 Å². The Morgan fingerprint density at radius 2 is 1.59 bits per heavy atom. The van der Waals surface area contributed by atoms with Crippen molar-refractivity contribution in [3.63, 3.8) is 0 Å². The first-order chi connectivity index (χ1) is 15.5. The Labute approximate surface area is 190 Å². The van der Waals surface area contributed by atoms with Crippen molar-refractivity contribution >= 4 is 11.5 Å². The Kier molecular flexibility index (Phi) is 5.54. The number of fused-ring (bicyclic) bond motifs is 3. The molecule has 2 aromatic carbocycles. The summed E-state index contributed by atoms with van der Waals surface area (Å²) in [4.78, 5) is 25.1. The van der Waals surface area contributed by atoms with Crippen LogP contribution in [0.25, 0.3) is 11.3 Å². The second-order valence-electron chi connectivity index (χ2n) is 9.54. The second-order valence-corrected chi connectivity index (χ2v) is 9.54. The van der Waals surface area contributed by atoms with Crippen LogP contribution in [0.3, 0.4) is 0 Å². The molecule has 4 nitrogen and oxygen atoms in total. The summed E-state index contributed by atoms with van der Waals surface area (Å²) in [7, 11) is 0. The maximum absolute atomic E-state index is 13.0. The maximum Gasteiger partial charge on any atom is 0.147 e. The SMILES string of the molecule is CC1CCN(c2ccc(Cc3ncc4c(n3)-c3ccccc3C(C)C(=O)C4C)cc2)CC1. The highest BCUT2D eigenvalue weighted by molar-refractivity contribution is 5.96. The van der Waals surface area contributed by atoms with E-state index in [-0.39, 0.29) is 17.6 Å². The van der Waals surface area contributed by atoms with Crippen LogP contribution in [0.15, 0.2) is 54.7 Å². The Bertz CT molecular complexity index is 1130. The lowest BCUT2D eigenvalue weighted by Crippen LogP contribution is -2.32. The molecule has 32 heavy (non-hydrogen) atoms. The van der Waals surface area contributed by atoms with E-state index in [0.29, 0.717) is 6.42 Å². The normalized spacial score (nSPS) is 21.1. The zero-order valence-corrected chi connectivity index (χ0v) is 19.2. The van der Waals surface area contributed by atoms with Crippen LogP contribution < -0.4 is 4.90 Å². The van der Waals surface area contributed by atoms with Crippen molar-refractivity contribution in [2.24, 2.45) is 5.92 Å². The van der Waals surface area contributed by atoms with Gasteiger partial charge in [0.15, 0.2) is 0 Å². The second kappa shape index (κ2) is 8.50. The van der Waals surface area contributed by atoms with E-state index in [4.69, 9.17) is 4.98 Å². The summed E-state index contributed by atoms with van der Waals surface area (Å²) in [5, 5.41) is 0. The molecule has 0 saturated carbocycles. The summed E-state index contributed by atoms with van der Waals surface area (Å²) in [6.07, 6.45) is 5.10. The fourth-order valence-corrected chi connectivity index (χ4v) is 5.09. The van der Waals surface area contributed by atoms with Gasteiger partial charge in [-0.2, -0.15) is 0 Å². The molecule has 1 fully saturated rings. The van der Waals surface area contributed by atoms with Crippen LogP contribution in [0.5, 0.6) is 0 Å². The number of carbonyl (C=O) groups is 1. The minimum Gasteiger partial charge on any atom is -0.372 e. The lowest BCUT2D eigenvalue weighted by atomic mass is 9.89. The third-order valence-electron chi connectivity index (χ3n) is 7.32. The number of rotatable bonds is 3. The largest absolute Gasteiger partial charge is 0.372 e. The van der Waals surface area contributed by atoms with Crippen molar-refractivity contribution in [3.8, 4) is 11.3 Å². The molecule has 2 aliphatic rings. The van der Waals surface area contributed by atoms with Gasteiger partial charge >= 0.3 is 0 Å². The predicted octanol–water partition coefficient (Wildman–Crippen LogP) is 5.76. The number of carbonyl (C=O) groups excluding carboxylic acids is 1. The molecule has 3 aromatic rings. The van der Waals surface area contributed by atoms with Gasteiger partial charge in [-0.1, -0.05) is 57.2 Å². The molecule has 4 heteroatoms. The van der Waals surface area contributed by atoms with Crippen LogP contribution >= 0.6 is 0 Å². The number of piperidine rings is 1. The van der Waals surface area contributed by atoms with E-state index < -0.39 is 0 Å². The first kappa shape index (κ1) is 20.9. The van der Waals surface area contributed by atoms with Crippen molar-refractivity contribution in [2.45, 2.75) is 51.9 Å².